The minimum atomic E-state index is -0.738. The maximum absolute atomic E-state index is 14.1. The van der Waals surface area contributed by atoms with Crippen LogP contribution in [0.4, 0.5) is 8.78 Å². The molecule has 0 aliphatic rings. The molecule has 0 spiro atoms. The molecule has 1 N–H and O–H groups in total. The van der Waals surface area contributed by atoms with Gasteiger partial charge in [-0.3, -0.25) is 9.69 Å². The molecule has 3 aromatic rings. The fourth-order valence-electron chi connectivity index (χ4n) is 2.82. The molecule has 0 fully saturated rings. The van der Waals surface area contributed by atoms with E-state index in [-0.39, 0.29) is 18.3 Å². The van der Waals surface area contributed by atoms with E-state index < -0.39 is 11.9 Å². The van der Waals surface area contributed by atoms with Crippen molar-refractivity contribution < 1.29 is 13.6 Å². The Balaban J connectivity index is 1.69. The van der Waals surface area contributed by atoms with Gasteiger partial charge >= 0.3 is 0 Å². The molecule has 2 aromatic carbocycles. The monoisotopic (exact) mass is 370 g/mol. The summed E-state index contributed by atoms with van der Waals surface area (Å²) in [6, 6.07) is 11.4. The molecular formula is C20H20F2N4O. The van der Waals surface area contributed by atoms with Gasteiger partial charge in [-0.2, -0.15) is 5.10 Å². The van der Waals surface area contributed by atoms with Crippen LogP contribution < -0.4 is 5.32 Å². The molecule has 0 aliphatic heterocycles. The summed E-state index contributed by atoms with van der Waals surface area (Å²) in [6.07, 6.45) is 3.37. The molecule has 3 rings (SSSR count). The highest BCUT2D eigenvalue weighted by Crippen LogP contribution is 2.21. The van der Waals surface area contributed by atoms with Crippen LogP contribution in [0.25, 0.3) is 5.69 Å². The van der Waals surface area contributed by atoms with Crippen molar-refractivity contribution in [2.75, 3.05) is 14.1 Å². The van der Waals surface area contributed by atoms with Gasteiger partial charge in [0.15, 0.2) is 0 Å². The number of aromatic nitrogens is 2. The molecule has 0 aliphatic carbocycles. The van der Waals surface area contributed by atoms with Gasteiger partial charge in [-0.1, -0.05) is 18.2 Å². The second-order valence-electron chi connectivity index (χ2n) is 6.38. The van der Waals surface area contributed by atoms with Crippen LogP contribution in [0, 0.1) is 11.6 Å². The molecule has 1 atom stereocenters. The van der Waals surface area contributed by atoms with Crippen molar-refractivity contribution in [2.24, 2.45) is 0 Å². The molecule has 0 saturated carbocycles. The van der Waals surface area contributed by atoms with Crippen LogP contribution in [0.3, 0.4) is 0 Å². The Labute approximate surface area is 156 Å². The van der Waals surface area contributed by atoms with Crippen LogP contribution in [-0.4, -0.2) is 34.7 Å². The van der Waals surface area contributed by atoms with E-state index in [2.05, 4.69) is 10.4 Å². The van der Waals surface area contributed by atoms with E-state index in [0.717, 1.165) is 5.56 Å². The van der Waals surface area contributed by atoms with Crippen molar-refractivity contribution in [3.05, 3.63) is 83.7 Å². The predicted octanol–water partition coefficient (Wildman–Crippen LogP) is 3.07. The smallest absolute Gasteiger partial charge is 0.242 e. The third kappa shape index (κ3) is 4.38. The summed E-state index contributed by atoms with van der Waals surface area (Å²) in [5, 5.41) is 7.04. The van der Waals surface area contributed by atoms with Crippen LogP contribution in [0.5, 0.6) is 0 Å². The first kappa shape index (κ1) is 18.7. The van der Waals surface area contributed by atoms with E-state index in [1.807, 2.05) is 0 Å². The zero-order chi connectivity index (χ0) is 19.4. The molecule has 0 radical (unpaired) electrons. The molecule has 1 aromatic heterocycles. The number of rotatable bonds is 6. The summed E-state index contributed by atoms with van der Waals surface area (Å²) in [5.41, 5.74) is 1.81. The molecule has 1 amide bonds. The molecular weight excluding hydrogens is 350 g/mol. The lowest BCUT2D eigenvalue weighted by Crippen LogP contribution is -2.37. The number of carbonyl (C=O) groups is 1. The molecule has 1 unspecified atom stereocenters. The predicted molar refractivity (Wildman–Crippen MR) is 98.2 cm³/mol. The summed E-state index contributed by atoms with van der Waals surface area (Å²) in [6.45, 7) is 0.249. The zero-order valence-corrected chi connectivity index (χ0v) is 15.1. The third-order valence-electron chi connectivity index (χ3n) is 4.16. The maximum atomic E-state index is 14.1. The van der Waals surface area contributed by atoms with Gasteiger partial charge in [0, 0.05) is 23.9 Å². The standard InChI is InChI=1S/C20H20F2N4O/c1-25(2)19(17-5-3-4-6-18(17)22)20(27)23-11-14-12-24-26(13-14)16-9-7-15(21)8-10-16/h3-10,12-13,19H,11H2,1-2H3,(H,23,27). The van der Waals surface area contributed by atoms with E-state index in [4.69, 9.17) is 0 Å². The highest BCUT2D eigenvalue weighted by Gasteiger charge is 2.25. The highest BCUT2D eigenvalue weighted by atomic mass is 19.1. The number of hydrogen-bond donors (Lipinski definition) is 1. The summed E-state index contributed by atoms with van der Waals surface area (Å²) in [7, 11) is 3.45. The van der Waals surface area contributed by atoms with Crippen molar-refractivity contribution in [1.29, 1.82) is 0 Å². The average molecular weight is 370 g/mol. The maximum Gasteiger partial charge on any atom is 0.242 e. The van der Waals surface area contributed by atoms with Gasteiger partial charge in [-0.05, 0) is 44.4 Å². The Morgan fingerprint density at radius 2 is 1.85 bits per heavy atom. The van der Waals surface area contributed by atoms with Gasteiger partial charge in [0.2, 0.25) is 5.91 Å². The van der Waals surface area contributed by atoms with Crippen molar-refractivity contribution >= 4 is 5.91 Å². The molecule has 0 bridgehead atoms. The van der Waals surface area contributed by atoms with Crippen LogP contribution >= 0.6 is 0 Å². The number of nitrogens with zero attached hydrogens (tertiary/aromatic N) is 3. The summed E-state index contributed by atoms with van der Waals surface area (Å²) < 4.78 is 28.7. The molecule has 0 saturated heterocycles. The summed E-state index contributed by atoms with van der Waals surface area (Å²) in [4.78, 5) is 14.3. The quantitative estimate of drug-likeness (QED) is 0.726. The largest absolute Gasteiger partial charge is 0.350 e. The van der Waals surface area contributed by atoms with E-state index in [1.54, 1.807) is 66.4 Å². The van der Waals surface area contributed by atoms with Gasteiger partial charge in [0.05, 0.1) is 11.9 Å². The average Bonchev–Trinajstić information content (AvgIpc) is 3.11. The first-order valence-corrected chi connectivity index (χ1v) is 8.44. The van der Waals surface area contributed by atoms with Crippen LogP contribution in [-0.2, 0) is 11.3 Å². The topological polar surface area (TPSA) is 50.2 Å². The van der Waals surface area contributed by atoms with Crippen molar-refractivity contribution in [2.45, 2.75) is 12.6 Å². The second-order valence-corrected chi connectivity index (χ2v) is 6.38. The van der Waals surface area contributed by atoms with Gasteiger partial charge in [-0.25, -0.2) is 13.5 Å². The lowest BCUT2D eigenvalue weighted by molar-refractivity contribution is -0.126. The minimum Gasteiger partial charge on any atom is -0.350 e. The fraction of sp³-hybridized carbons (Fsp3) is 0.200. The van der Waals surface area contributed by atoms with Gasteiger partial charge in [-0.15, -0.1) is 0 Å². The first-order valence-electron chi connectivity index (χ1n) is 8.44. The first-order chi connectivity index (χ1) is 13.0. The van der Waals surface area contributed by atoms with E-state index >= 15 is 0 Å². The van der Waals surface area contributed by atoms with Crippen LogP contribution in [0.2, 0.25) is 0 Å². The lowest BCUT2D eigenvalue weighted by atomic mass is 10.0. The highest BCUT2D eigenvalue weighted by molar-refractivity contribution is 5.83. The Hall–Kier alpha value is -3.06. The lowest BCUT2D eigenvalue weighted by Gasteiger charge is -2.24. The Bertz CT molecular complexity index is 922. The normalized spacial score (nSPS) is 12.2. The fourth-order valence-corrected chi connectivity index (χ4v) is 2.82. The number of halogens is 2. The van der Waals surface area contributed by atoms with E-state index in [1.165, 1.54) is 18.2 Å². The number of amides is 1. The van der Waals surface area contributed by atoms with Crippen molar-refractivity contribution in [3.8, 4) is 5.69 Å². The second kappa shape index (κ2) is 8.09. The van der Waals surface area contributed by atoms with Gasteiger partial charge in [0.1, 0.15) is 17.7 Å². The van der Waals surface area contributed by atoms with Crippen molar-refractivity contribution in [3.63, 3.8) is 0 Å². The Morgan fingerprint density at radius 3 is 2.52 bits per heavy atom. The van der Waals surface area contributed by atoms with Gasteiger partial charge in [0.25, 0.3) is 0 Å². The Morgan fingerprint density at radius 1 is 1.15 bits per heavy atom. The van der Waals surface area contributed by atoms with Crippen LogP contribution in [0.15, 0.2) is 60.9 Å². The molecule has 7 heteroatoms. The number of benzene rings is 2. The third-order valence-corrected chi connectivity index (χ3v) is 4.16. The molecule has 140 valence electrons. The molecule has 5 nitrogen and oxygen atoms in total. The molecule has 27 heavy (non-hydrogen) atoms. The Kier molecular flexibility index (Phi) is 5.61. The SMILES string of the molecule is CN(C)C(C(=O)NCc1cnn(-c2ccc(F)cc2)c1)c1ccccc1F. The van der Waals surface area contributed by atoms with Crippen molar-refractivity contribution in [1.82, 2.24) is 20.0 Å². The number of hydrogen-bond acceptors (Lipinski definition) is 3. The minimum absolute atomic E-state index is 0.249. The molecule has 1 heterocycles. The zero-order valence-electron chi connectivity index (χ0n) is 15.1. The number of likely N-dealkylation sites (N-methyl/N-ethyl adjacent to an activating group) is 1. The number of carbonyl (C=O) groups excluding carboxylic acids is 1. The summed E-state index contributed by atoms with van der Waals surface area (Å²) >= 11 is 0. The summed E-state index contributed by atoms with van der Waals surface area (Å²) in [5.74, 6) is -1.05. The van der Waals surface area contributed by atoms with E-state index in [0.29, 0.717) is 11.3 Å². The van der Waals surface area contributed by atoms with E-state index in [9.17, 15) is 13.6 Å². The number of nitrogens with one attached hydrogen (secondary N) is 1. The van der Waals surface area contributed by atoms with Gasteiger partial charge < -0.3 is 5.32 Å². The van der Waals surface area contributed by atoms with Crippen LogP contribution in [0.1, 0.15) is 17.2 Å².